The Morgan fingerprint density at radius 2 is 2.29 bits per heavy atom. The predicted octanol–water partition coefficient (Wildman–Crippen LogP) is -0.223. The zero-order valence-corrected chi connectivity index (χ0v) is 7.73. The van der Waals surface area contributed by atoms with Gasteiger partial charge in [0, 0.05) is 25.1 Å². The Balaban J connectivity index is 2.82. The molecule has 14 heavy (non-hydrogen) atoms. The van der Waals surface area contributed by atoms with Gasteiger partial charge in [-0.1, -0.05) is 5.16 Å². The molecule has 2 N–H and O–H groups in total. The Bertz CT molecular complexity index is 444. The molecule has 0 aliphatic heterocycles. The summed E-state index contributed by atoms with van der Waals surface area (Å²) >= 11 is 0. The highest BCUT2D eigenvalue weighted by Crippen LogP contribution is 1.86. The van der Waals surface area contributed by atoms with Crippen LogP contribution in [0.1, 0.15) is 13.3 Å². The highest BCUT2D eigenvalue weighted by Gasteiger charge is 1.97. The number of aromatic amines is 1. The molecule has 0 spiro atoms. The molecular weight excluding hydrogens is 186 g/mol. The van der Waals surface area contributed by atoms with Gasteiger partial charge < -0.3 is 5.21 Å². The molecule has 0 aliphatic rings. The molecule has 6 nitrogen and oxygen atoms in total. The molecule has 6 heteroatoms. The van der Waals surface area contributed by atoms with E-state index in [0.717, 1.165) is 0 Å². The predicted molar refractivity (Wildman–Crippen MR) is 50.8 cm³/mol. The number of nitrogens with one attached hydrogen (secondary N) is 1. The van der Waals surface area contributed by atoms with E-state index in [1.807, 2.05) is 0 Å². The summed E-state index contributed by atoms with van der Waals surface area (Å²) in [7, 11) is 0. The number of rotatable bonds is 3. The molecule has 76 valence electrons. The van der Waals surface area contributed by atoms with Gasteiger partial charge in [-0.3, -0.25) is 14.7 Å². The second-order valence-corrected chi connectivity index (χ2v) is 2.88. The van der Waals surface area contributed by atoms with E-state index in [0.29, 0.717) is 18.7 Å². The topological polar surface area (TPSA) is 87.5 Å². The summed E-state index contributed by atoms with van der Waals surface area (Å²) in [5, 5.41) is 13.7. The van der Waals surface area contributed by atoms with Gasteiger partial charge in [0.05, 0.1) is 5.71 Å². The van der Waals surface area contributed by atoms with Crippen molar-refractivity contribution in [3.05, 3.63) is 32.8 Å². The van der Waals surface area contributed by atoms with Crippen molar-refractivity contribution in [1.82, 2.24) is 9.78 Å². The number of nitrogens with zero attached hydrogens (tertiary/aromatic N) is 2. The van der Waals surface area contributed by atoms with Crippen LogP contribution in [-0.4, -0.2) is 20.7 Å². The molecule has 0 amide bonds. The number of oxime groups is 1. The van der Waals surface area contributed by atoms with Crippen molar-refractivity contribution in [2.24, 2.45) is 5.16 Å². The van der Waals surface area contributed by atoms with E-state index < -0.39 is 0 Å². The van der Waals surface area contributed by atoms with Crippen LogP contribution >= 0.6 is 0 Å². The Morgan fingerprint density at radius 3 is 2.93 bits per heavy atom. The lowest BCUT2D eigenvalue weighted by Crippen LogP contribution is -2.28. The molecule has 1 aromatic rings. The Morgan fingerprint density at radius 1 is 1.57 bits per heavy atom. The third-order valence-corrected chi connectivity index (χ3v) is 1.76. The summed E-state index contributed by atoms with van der Waals surface area (Å²) in [5.74, 6) is 0. The maximum Gasteiger partial charge on any atom is 0.265 e. The largest absolute Gasteiger partial charge is 0.411 e. The summed E-state index contributed by atoms with van der Waals surface area (Å²) in [5.41, 5.74) is -0.111. The quantitative estimate of drug-likeness (QED) is 0.399. The Labute approximate surface area is 79.5 Å². The van der Waals surface area contributed by atoms with Gasteiger partial charge in [0.25, 0.3) is 11.1 Å². The molecule has 0 atom stereocenters. The van der Waals surface area contributed by atoms with Crippen LogP contribution in [0.4, 0.5) is 0 Å². The highest BCUT2D eigenvalue weighted by atomic mass is 16.4. The van der Waals surface area contributed by atoms with Crippen LogP contribution in [0.5, 0.6) is 0 Å². The van der Waals surface area contributed by atoms with E-state index in [9.17, 15) is 9.59 Å². The van der Waals surface area contributed by atoms with Crippen LogP contribution in [-0.2, 0) is 6.54 Å². The van der Waals surface area contributed by atoms with E-state index in [1.165, 1.54) is 16.8 Å². The molecule has 0 fully saturated rings. The minimum absolute atomic E-state index is 0.282. The molecule has 1 rings (SSSR count). The van der Waals surface area contributed by atoms with E-state index in [2.05, 4.69) is 10.3 Å². The Hall–Kier alpha value is -1.85. The molecule has 0 aromatic carbocycles. The summed E-state index contributed by atoms with van der Waals surface area (Å²) < 4.78 is 1.18. The van der Waals surface area contributed by atoms with Crippen molar-refractivity contribution in [3.8, 4) is 0 Å². The van der Waals surface area contributed by atoms with Gasteiger partial charge in [0.1, 0.15) is 0 Å². The van der Waals surface area contributed by atoms with Gasteiger partial charge in [-0.25, -0.2) is 4.68 Å². The average molecular weight is 197 g/mol. The molecule has 1 aromatic heterocycles. The van der Waals surface area contributed by atoms with Gasteiger partial charge in [-0.2, -0.15) is 0 Å². The number of H-pyrrole nitrogens is 1. The number of hydrogen-bond donors (Lipinski definition) is 2. The number of aromatic nitrogens is 2. The zero-order chi connectivity index (χ0) is 10.6. The smallest absolute Gasteiger partial charge is 0.265 e. The van der Waals surface area contributed by atoms with Crippen LogP contribution < -0.4 is 11.1 Å². The SMILES string of the molecule is C/C(CCn1[nH]c(=O)ccc1=O)=N/O. The standard InChI is InChI=1S/C8H11N3O3/c1-6(10-14)4-5-11-8(13)3-2-7(12)9-11/h2-3,14H,4-5H2,1H3,(H,9,12)/b10-6-. The molecule has 1 heterocycles. The van der Waals surface area contributed by atoms with Crippen LogP contribution in [0.15, 0.2) is 26.9 Å². The minimum Gasteiger partial charge on any atom is -0.411 e. The van der Waals surface area contributed by atoms with Crippen molar-refractivity contribution in [3.63, 3.8) is 0 Å². The molecule has 0 unspecified atom stereocenters. The fraction of sp³-hybridized carbons (Fsp3) is 0.375. The van der Waals surface area contributed by atoms with E-state index in [1.54, 1.807) is 6.92 Å². The first-order valence-electron chi connectivity index (χ1n) is 4.11. The van der Waals surface area contributed by atoms with Gasteiger partial charge in [-0.15, -0.1) is 0 Å². The fourth-order valence-electron chi connectivity index (χ4n) is 0.952. The first kappa shape index (κ1) is 10.2. The Kier molecular flexibility index (Phi) is 3.22. The monoisotopic (exact) mass is 197 g/mol. The fourth-order valence-corrected chi connectivity index (χ4v) is 0.952. The van der Waals surface area contributed by atoms with Gasteiger partial charge in [0.15, 0.2) is 0 Å². The average Bonchev–Trinajstić information content (AvgIpc) is 2.19. The highest BCUT2D eigenvalue weighted by molar-refractivity contribution is 5.81. The molecule has 0 aliphatic carbocycles. The lowest BCUT2D eigenvalue weighted by atomic mass is 10.3. The lowest BCUT2D eigenvalue weighted by Gasteiger charge is -2.02. The summed E-state index contributed by atoms with van der Waals surface area (Å²) in [6.45, 7) is 1.93. The first-order valence-corrected chi connectivity index (χ1v) is 4.11. The van der Waals surface area contributed by atoms with Crippen LogP contribution in [0.2, 0.25) is 0 Å². The van der Waals surface area contributed by atoms with E-state index in [-0.39, 0.29) is 11.1 Å². The molecule has 0 radical (unpaired) electrons. The van der Waals surface area contributed by atoms with Gasteiger partial charge >= 0.3 is 0 Å². The summed E-state index contributed by atoms with van der Waals surface area (Å²) in [6, 6.07) is 2.37. The van der Waals surface area contributed by atoms with Crippen molar-refractivity contribution in [2.75, 3.05) is 0 Å². The van der Waals surface area contributed by atoms with E-state index in [4.69, 9.17) is 5.21 Å². The third-order valence-electron chi connectivity index (χ3n) is 1.76. The van der Waals surface area contributed by atoms with Crippen molar-refractivity contribution >= 4 is 5.71 Å². The molecular formula is C8H11N3O3. The maximum atomic E-state index is 11.2. The first-order chi connectivity index (χ1) is 6.63. The van der Waals surface area contributed by atoms with E-state index >= 15 is 0 Å². The normalized spacial score (nSPS) is 11.6. The van der Waals surface area contributed by atoms with Crippen LogP contribution in [0, 0.1) is 0 Å². The molecule has 0 saturated carbocycles. The number of aryl methyl sites for hydroxylation is 1. The van der Waals surface area contributed by atoms with Crippen LogP contribution in [0.3, 0.4) is 0 Å². The number of hydrogen-bond acceptors (Lipinski definition) is 4. The van der Waals surface area contributed by atoms with Gasteiger partial charge in [0.2, 0.25) is 0 Å². The lowest BCUT2D eigenvalue weighted by molar-refractivity contribution is 0.316. The van der Waals surface area contributed by atoms with Gasteiger partial charge in [-0.05, 0) is 6.92 Å². The molecule has 0 bridgehead atoms. The second kappa shape index (κ2) is 4.40. The summed E-state index contributed by atoms with van der Waals surface area (Å²) in [6.07, 6.45) is 0.413. The van der Waals surface area contributed by atoms with Crippen LogP contribution in [0.25, 0.3) is 0 Å². The van der Waals surface area contributed by atoms with Crippen molar-refractivity contribution in [1.29, 1.82) is 0 Å². The zero-order valence-electron chi connectivity index (χ0n) is 7.73. The third kappa shape index (κ3) is 2.58. The summed E-state index contributed by atoms with van der Waals surface area (Å²) in [4.78, 5) is 22.0. The second-order valence-electron chi connectivity index (χ2n) is 2.88. The maximum absolute atomic E-state index is 11.2. The molecule has 0 saturated heterocycles. The van der Waals surface area contributed by atoms with Crippen molar-refractivity contribution in [2.45, 2.75) is 19.9 Å². The minimum atomic E-state index is -0.330. The van der Waals surface area contributed by atoms with Crippen molar-refractivity contribution < 1.29 is 5.21 Å².